The third-order valence-corrected chi connectivity index (χ3v) is 7.18. The number of nitrogens with one attached hydrogen (secondary N) is 1. The number of piperidine rings is 3. The number of thiophene rings is 1. The van der Waals surface area contributed by atoms with E-state index in [2.05, 4.69) is 15.5 Å². The summed E-state index contributed by atoms with van der Waals surface area (Å²) in [7, 11) is -3.35. The van der Waals surface area contributed by atoms with Crippen LogP contribution in [0.4, 0.5) is 0 Å². The molecule has 4 heterocycles. The molecular weight excluding hydrogens is 292 g/mol. The highest BCUT2D eigenvalue weighted by Crippen LogP contribution is 2.35. The lowest BCUT2D eigenvalue weighted by Crippen LogP contribution is -2.56. The SMILES string of the molecule is C#C[C@H]1CN2CC[C@H]1C[C@@H]2CNS(=O)(=O)c1cccs1. The molecule has 1 aromatic heterocycles. The Morgan fingerprint density at radius 1 is 1.55 bits per heavy atom. The summed E-state index contributed by atoms with van der Waals surface area (Å²) in [5, 5.41) is 1.78. The first-order valence-electron chi connectivity index (χ1n) is 6.83. The fraction of sp³-hybridized carbons (Fsp3) is 0.571. The quantitative estimate of drug-likeness (QED) is 0.855. The van der Waals surface area contributed by atoms with E-state index in [0.717, 1.165) is 25.9 Å². The highest BCUT2D eigenvalue weighted by Gasteiger charge is 2.39. The summed E-state index contributed by atoms with van der Waals surface area (Å²) in [5.74, 6) is 3.77. The lowest BCUT2D eigenvalue weighted by atomic mass is 9.76. The van der Waals surface area contributed by atoms with Crippen molar-refractivity contribution in [3.63, 3.8) is 0 Å². The van der Waals surface area contributed by atoms with Crippen molar-refractivity contribution >= 4 is 21.4 Å². The molecule has 20 heavy (non-hydrogen) atoms. The van der Waals surface area contributed by atoms with Gasteiger partial charge in [0.2, 0.25) is 10.0 Å². The van der Waals surface area contributed by atoms with Gasteiger partial charge in [-0.25, -0.2) is 13.1 Å². The zero-order valence-electron chi connectivity index (χ0n) is 11.2. The number of hydrogen-bond donors (Lipinski definition) is 1. The Labute approximate surface area is 124 Å². The van der Waals surface area contributed by atoms with E-state index in [1.165, 1.54) is 11.3 Å². The third kappa shape index (κ3) is 2.63. The molecule has 0 spiro atoms. The Bertz CT molecular complexity index is 604. The molecule has 3 aliphatic heterocycles. The van der Waals surface area contributed by atoms with E-state index >= 15 is 0 Å². The van der Waals surface area contributed by atoms with Gasteiger partial charge in [-0.05, 0) is 36.8 Å². The molecule has 2 bridgehead atoms. The lowest BCUT2D eigenvalue weighted by Gasteiger charge is -2.48. The molecule has 6 heteroatoms. The second-order valence-electron chi connectivity index (χ2n) is 5.49. The summed E-state index contributed by atoms with van der Waals surface area (Å²) in [4.78, 5) is 2.33. The van der Waals surface area contributed by atoms with Gasteiger partial charge in [0, 0.05) is 25.0 Å². The minimum absolute atomic E-state index is 0.285. The van der Waals surface area contributed by atoms with E-state index in [0.29, 0.717) is 22.6 Å². The van der Waals surface area contributed by atoms with Gasteiger partial charge in [-0.15, -0.1) is 23.7 Å². The molecule has 0 aromatic carbocycles. The summed E-state index contributed by atoms with van der Waals surface area (Å²) in [6, 6.07) is 3.67. The Kier molecular flexibility index (Phi) is 3.87. The number of sulfonamides is 1. The maximum atomic E-state index is 12.1. The minimum Gasteiger partial charge on any atom is -0.298 e. The topological polar surface area (TPSA) is 49.4 Å². The van der Waals surface area contributed by atoms with Crippen LogP contribution in [0.25, 0.3) is 0 Å². The largest absolute Gasteiger partial charge is 0.298 e. The normalized spacial score (nSPS) is 33.0. The van der Waals surface area contributed by atoms with Gasteiger partial charge in [0.05, 0.1) is 0 Å². The van der Waals surface area contributed by atoms with Gasteiger partial charge in [0.25, 0.3) is 0 Å². The monoisotopic (exact) mass is 310 g/mol. The first-order valence-corrected chi connectivity index (χ1v) is 9.20. The minimum atomic E-state index is -3.35. The number of nitrogens with zero attached hydrogens (tertiary/aromatic N) is 1. The second-order valence-corrected chi connectivity index (χ2v) is 8.43. The van der Waals surface area contributed by atoms with Crippen LogP contribution in [-0.4, -0.2) is 39.0 Å². The smallest absolute Gasteiger partial charge is 0.250 e. The first kappa shape index (κ1) is 14.1. The zero-order chi connectivity index (χ0) is 14.2. The molecule has 4 nitrogen and oxygen atoms in total. The maximum Gasteiger partial charge on any atom is 0.250 e. The van der Waals surface area contributed by atoms with Crippen molar-refractivity contribution in [3.8, 4) is 12.3 Å². The average Bonchev–Trinajstić information content (AvgIpc) is 3.01. The van der Waals surface area contributed by atoms with Crippen molar-refractivity contribution < 1.29 is 8.42 Å². The van der Waals surface area contributed by atoms with Gasteiger partial charge in [0.1, 0.15) is 4.21 Å². The molecule has 4 rings (SSSR count). The lowest BCUT2D eigenvalue weighted by molar-refractivity contribution is 0.0251. The molecule has 0 aliphatic carbocycles. The molecule has 1 aromatic rings. The molecule has 0 saturated carbocycles. The fourth-order valence-electron chi connectivity index (χ4n) is 3.23. The molecule has 108 valence electrons. The van der Waals surface area contributed by atoms with Crippen LogP contribution in [-0.2, 0) is 10.0 Å². The fourth-order valence-corrected chi connectivity index (χ4v) is 5.34. The molecule has 0 amide bonds. The van der Waals surface area contributed by atoms with Crippen LogP contribution in [0.2, 0.25) is 0 Å². The van der Waals surface area contributed by atoms with Crippen LogP contribution in [0.1, 0.15) is 12.8 Å². The van der Waals surface area contributed by atoms with Crippen molar-refractivity contribution in [2.45, 2.75) is 23.1 Å². The van der Waals surface area contributed by atoms with Crippen molar-refractivity contribution in [3.05, 3.63) is 17.5 Å². The third-order valence-electron chi connectivity index (χ3n) is 4.36. The van der Waals surface area contributed by atoms with Crippen molar-refractivity contribution in [1.29, 1.82) is 0 Å². The average molecular weight is 310 g/mol. The Hall–Kier alpha value is -0.870. The predicted molar refractivity (Wildman–Crippen MR) is 79.9 cm³/mol. The summed E-state index contributed by atoms with van der Waals surface area (Å²) < 4.78 is 27.3. The summed E-state index contributed by atoms with van der Waals surface area (Å²) in [5.41, 5.74) is 0. The zero-order valence-corrected chi connectivity index (χ0v) is 12.8. The van der Waals surface area contributed by atoms with Crippen molar-refractivity contribution in [1.82, 2.24) is 9.62 Å². The Balaban J connectivity index is 1.62. The highest BCUT2D eigenvalue weighted by atomic mass is 32.2. The molecule has 0 radical (unpaired) electrons. The first-order chi connectivity index (χ1) is 9.60. The number of fused-ring (bicyclic) bond motifs is 3. The number of terminal acetylenes is 1. The van der Waals surface area contributed by atoms with Gasteiger partial charge in [0.15, 0.2) is 0 Å². The Morgan fingerprint density at radius 2 is 2.40 bits per heavy atom. The van der Waals surface area contributed by atoms with Crippen LogP contribution >= 0.6 is 11.3 Å². The van der Waals surface area contributed by atoms with Crippen molar-refractivity contribution in [2.75, 3.05) is 19.6 Å². The van der Waals surface area contributed by atoms with E-state index in [9.17, 15) is 8.42 Å². The van der Waals surface area contributed by atoms with Gasteiger partial charge < -0.3 is 0 Å². The molecule has 1 unspecified atom stereocenters. The van der Waals surface area contributed by atoms with Crippen LogP contribution in [0.5, 0.6) is 0 Å². The van der Waals surface area contributed by atoms with E-state index in [4.69, 9.17) is 6.42 Å². The van der Waals surface area contributed by atoms with E-state index < -0.39 is 10.0 Å². The highest BCUT2D eigenvalue weighted by molar-refractivity contribution is 7.91. The van der Waals surface area contributed by atoms with Gasteiger partial charge in [-0.1, -0.05) is 6.07 Å². The van der Waals surface area contributed by atoms with Crippen LogP contribution in [0.3, 0.4) is 0 Å². The predicted octanol–water partition coefficient (Wildman–Crippen LogP) is 1.37. The Morgan fingerprint density at radius 3 is 3.00 bits per heavy atom. The van der Waals surface area contributed by atoms with Gasteiger partial charge in [-0.3, -0.25) is 4.90 Å². The molecule has 1 N–H and O–H groups in total. The molecule has 3 fully saturated rings. The summed E-state index contributed by atoms with van der Waals surface area (Å²) >= 11 is 1.25. The summed E-state index contributed by atoms with van der Waals surface area (Å²) in [6.07, 6.45) is 7.70. The number of rotatable bonds is 4. The second kappa shape index (κ2) is 5.49. The molecule has 3 aliphatic rings. The number of hydrogen-bond acceptors (Lipinski definition) is 4. The van der Waals surface area contributed by atoms with Crippen LogP contribution < -0.4 is 4.72 Å². The van der Waals surface area contributed by atoms with Crippen LogP contribution in [0, 0.1) is 24.2 Å². The van der Waals surface area contributed by atoms with E-state index in [1.807, 2.05) is 0 Å². The maximum absolute atomic E-state index is 12.1. The standard InChI is InChI=1S/C14H18N2O2S2/c1-2-11-10-16-6-5-12(11)8-13(16)9-15-20(17,18)14-4-3-7-19-14/h1,3-4,7,11-13,15H,5-6,8-10H2/t11-,12-,13+/m0/s1. The van der Waals surface area contributed by atoms with Gasteiger partial charge >= 0.3 is 0 Å². The molecule has 3 saturated heterocycles. The van der Waals surface area contributed by atoms with Crippen molar-refractivity contribution in [2.24, 2.45) is 11.8 Å². The summed E-state index contributed by atoms with van der Waals surface area (Å²) in [6.45, 7) is 2.43. The van der Waals surface area contributed by atoms with Gasteiger partial charge in [-0.2, -0.15) is 0 Å². The van der Waals surface area contributed by atoms with E-state index in [1.54, 1.807) is 17.5 Å². The molecular formula is C14H18N2O2S2. The van der Waals surface area contributed by atoms with Crippen LogP contribution in [0.15, 0.2) is 21.7 Å². The van der Waals surface area contributed by atoms with E-state index in [-0.39, 0.29) is 6.04 Å². The molecule has 4 atom stereocenters.